The third-order valence-corrected chi connectivity index (χ3v) is 0.514. The summed E-state index contributed by atoms with van der Waals surface area (Å²) in [6.07, 6.45) is 0. The van der Waals surface area contributed by atoms with Crippen LogP contribution in [0.15, 0.2) is 5.10 Å². The summed E-state index contributed by atoms with van der Waals surface area (Å²) in [5.41, 5.74) is 6.71. The van der Waals surface area contributed by atoms with E-state index in [9.17, 15) is 10.1 Å². The van der Waals surface area contributed by atoms with Gasteiger partial charge < -0.3 is 5.73 Å². The average molecular weight is 147 g/mol. The Morgan fingerprint density at radius 2 is 2.30 bits per heavy atom. The van der Waals surface area contributed by atoms with Crippen LogP contribution in [0, 0.1) is 10.1 Å². The maximum atomic E-state index is 9.71. The van der Waals surface area contributed by atoms with Crippen LogP contribution in [-0.4, -0.2) is 30.1 Å². The lowest BCUT2D eigenvalue weighted by Crippen LogP contribution is -2.37. The highest BCUT2D eigenvalue weighted by Gasteiger charge is 1.97. The molecule has 58 valence electrons. The van der Waals surface area contributed by atoms with Gasteiger partial charge in [-0.25, -0.2) is 10.1 Å². The zero-order valence-corrected chi connectivity index (χ0v) is 5.74. The summed E-state index contributed by atoms with van der Waals surface area (Å²) in [6, 6.07) is 0. The number of nitrogens with one attached hydrogen (secondary N) is 1. The van der Waals surface area contributed by atoms with Crippen molar-refractivity contribution in [1.82, 2.24) is 10.4 Å². The first-order valence-electron chi connectivity index (χ1n) is 2.45. The molecule has 0 aromatic heterocycles. The number of guanidine groups is 1. The van der Waals surface area contributed by atoms with Gasteiger partial charge in [0.05, 0.1) is 0 Å². The predicted molar refractivity (Wildman–Crippen MR) is 35.4 cm³/mol. The third-order valence-electron chi connectivity index (χ3n) is 0.514. The quantitative estimate of drug-likeness (QED) is 0.216. The van der Waals surface area contributed by atoms with E-state index in [1.54, 1.807) is 19.5 Å². The molecule has 0 aromatic carbocycles. The van der Waals surface area contributed by atoms with Crippen molar-refractivity contribution in [2.24, 2.45) is 10.8 Å². The second-order valence-electron chi connectivity index (χ2n) is 1.70. The first kappa shape index (κ1) is 8.47. The molecule has 7 heteroatoms. The molecule has 10 heavy (non-hydrogen) atoms. The molecule has 7 nitrogen and oxygen atoms in total. The van der Waals surface area contributed by atoms with Gasteiger partial charge in [0.2, 0.25) is 0 Å². The van der Waals surface area contributed by atoms with E-state index in [2.05, 4.69) is 5.10 Å². The Bertz CT molecular complexity index is 153. The average Bonchev–Trinajstić information content (AvgIpc) is 1.58. The molecule has 0 amide bonds. The Hall–Kier alpha value is -1.53. The summed E-state index contributed by atoms with van der Waals surface area (Å²) in [5.74, 6) is -0.241. The van der Waals surface area contributed by atoms with Crippen LogP contribution >= 0.6 is 0 Å². The monoisotopic (exact) mass is 147 g/mol. The van der Waals surface area contributed by atoms with Crippen LogP contribution in [0.3, 0.4) is 0 Å². The van der Waals surface area contributed by atoms with Crippen molar-refractivity contribution in [3.8, 4) is 0 Å². The number of rotatable bonds is 2. The zero-order valence-electron chi connectivity index (χ0n) is 5.74. The van der Waals surface area contributed by atoms with E-state index in [1.165, 1.54) is 5.01 Å². The fourth-order valence-electron chi connectivity index (χ4n) is 0.331. The molecule has 0 aliphatic heterocycles. The fourth-order valence-corrected chi connectivity index (χ4v) is 0.331. The smallest absolute Gasteiger partial charge is 0.272 e. The van der Waals surface area contributed by atoms with E-state index in [1.807, 2.05) is 0 Å². The highest BCUT2D eigenvalue weighted by Crippen LogP contribution is 1.72. The predicted octanol–water partition coefficient (Wildman–Crippen LogP) is -1.44. The van der Waals surface area contributed by atoms with E-state index >= 15 is 0 Å². The Morgan fingerprint density at radius 1 is 1.80 bits per heavy atom. The standard InChI is InChI=1S/C3H9N5O2/c1-7(2)5-3(4)6-8(9)10/h1-2H3,(H3,4,5,6). The minimum Gasteiger partial charge on any atom is -0.364 e. The van der Waals surface area contributed by atoms with Gasteiger partial charge in [0.15, 0.2) is 5.03 Å². The summed E-state index contributed by atoms with van der Waals surface area (Å²) in [6.45, 7) is 0. The van der Waals surface area contributed by atoms with Gasteiger partial charge in [0, 0.05) is 14.1 Å². The SMILES string of the molecule is CN(C)/N=C(\N)N[N+](=O)[O-]. The van der Waals surface area contributed by atoms with Crippen LogP contribution < -0.4 is 11.2 Å². The van der Waals surface area contributed by atoms with Crippen molar-refractivity contribution in [2.45, 2.75) is 0 Å². The number of nitrogens with two attached hydrogens (primary N) is 1. The number of hydrazine groups is 1. The molecule has 0 saturated carbocycles. The minimum atomic E-state index is -0.775. The van der Waals surface area contributed by atoms with Gasteiger partial charge in [0.25, 0.3) is 5.96 Å². The fraction of sp³-hybridized carbons (Fsp3) is 0.667. The molecular formula is C3H9N5O2. The number of hydrazone groups is 1. The molecule has 0 unspecified atom stereocenters. The van der Waals surface area contributed by atoms with Crippen LogP contribution in [0.2, 0.25) is 0 Å². The van der Waals surface area contributed by atoms with Gasteiger partial charge >= 0.3 is 0 Å². The van der Waals surface area contributed by atoms with Crippen molar-refractivity contribution in [3.63, 3.8) is 0 Å². The Balaban J connectivity index is 3.82. The molecule has 0 aliphatic carbocycles. The lowest BCUT2D eigenvalue weighted by molar-refractivity contribution is -0.525. The van der Waals surface area contributed by atoms with Crippen LogP contribution in [0.25, 0.3) is 0 Å². The maximum Gasteiger partial charge on any atom is 0.272 e. The molecule has 0 radical (unpaired) electrons. The van der Waals surface area contributed by atoms with Gasteiger partial charge in [0.1, 0.15) is 0 Å². The molecule has 0 heterocycles. The van der Waals surface area contributed by atoms with Gasteiger partial charge in [-0.1, -0.05) is 5.43 Å². The first-order chi connectivity index (χ1) is 4.52. The zero-order chi connectivity index (χ0) is 8.15. The second-order valence-corrected chi connectivity index (χ2v) is 1.70. The van der Waals surface area contributed by atoms with Gasteiger partial charge in [-0.3, -0.25) is 5.01 Å². The number of hydrogen-bond acceptors (Lipinski definition) is 4. The highest BCUT2D eigenvalue weighted by molar-refractivity contribution is 5.76. The van der Waals surface area contributed by atoms with E-state index in [4.69, 9.17) is 5.73 Å². The lowest BCUT2D eigenvalue weighted by atomic mass is 11.0. The van der Waals surface area contributed by atoms with E-state index in [0.717, 1.165) is 0 Å². The highest BCUT2D eigenvalue weighted by atomic mass is 16.7. The van der Waals surface area contributed by atoms with Crippen molar-refractivity contribution in [2.75, 3.05) is 14.1 Å². The largest absolute Gasteiger partial charge is 0.364 e. The third kappa shape index (κ3) is 4.62. The molecule has 0 atom stereocenters. The van der Waals surface area contributed by atoms with Crippen LogP contribution in [0.5, 0.6) is 0 Å². The second kappa shape index (κ2) is 3.49. The van der Waals surface area contributed by atoms with E-state index in [-0.39, 0.29) is 5.96 Å². The summed E-state index contributed by atoms with van der Waals surface area (Å²) < 4.78 is 0. The van der Waals surface area contributed by atoms with Crippen molar-refractivity contribution in [3.05, 3.63) is 10.1 Å². The molecule has 0 bridgehead atoms. The summed E-state index contributed by atoms with van der Waals surface area (Å²) in [5, 5.41) is 13.8. The van der Waals surface area contributed by atoms with Crippen LogP contribution in [0.1, 0.15) is 0 Å². The van der Waals surface area contributed by atoms with Crippen molar-refractivity contribution >= 4 is 5.96 Å². The van der Waals surface area contributed by atoms with Crippen molar-refractivity contribution < 1.29 is 5.03 Å². The summed E-state index contributed by atoms with van der Waals surface area (Å²) in [4.78, 5) is 9.71. The van der Waals surface area contributed by atoms with Crippen LogP contribution in [0.4, 0.5) is 0 Å². The number of nitro groups is 1. The normalized spacial score (nSPS) is 10.8. The lowest BCUT2D eigenvalue weighted by Gasteiger charge is -2.03. The summed E-state index contributed by atoms with van der Waals surface area (Å²) in [7, 11) is 3.21. The molecule has 0 rings (SSSR count). The molecule has 0 fully saturated rings. The number of nitrogens with zero attached hydrogens (tertiary/aromatic N) is 3. The van der Waals surface area contributed by atoms with Gasteiger partial charge in [-0.2, -0.15) is 0 Å². The Morgan fingerprint density at radius 3 is 2.60 bits per heavy atom. The summed E-state index contributed by atoms with van der Waals surface area (Å²) >= 11 is 0. The molecule has 3 N–H and O–H groups in total. The topological polar surface area (TPSA) is 96.8 Å². The molecule has 0 aliphatic rings. The van der Waals surface area contributed by atoms with Crippen molar-refractivity contribution in [1.29, 1.82) is 0 Å². The van der Waals surface area contributed by atoms with E-state index < -0.39 is 5.03 Å². The van der Waals surface area contributed by atoms with E-state index in [0.29, 0.717) is 0 Å². The Labute approximate surface area is 57.6 Å². The molecule has 0 aromatic rings. The maximum absolute atomic E-state index is 9.71. The van der Waals surface area contributed by atoms with Gasteiger partial charge in [-0.15, -0.1) is 5.10 Å². The molecule has 0 spiro atoms. The minimum absolute atomic E-state index is 0.241. The number of hydrogen-bond donors (Lipinski definition) is 2. The Kier molecular flexibility index (Phi) is 2.95. The molecular weight excluding hydrogens is 138 g/mol. The van der Waals surface area contributed by atoms with Gasteiger partial charge in [-0.05, 0) is 0 Å². The first-order valence-corrected chi connectivity index (χ1v) is 2.45. The van der Waals surface area contributed by atoms with Crippen LogP contribution in [-0.2, 0) is 0 Å². The molecule has 0 saturated heterocycles.